The van der Waals surface area contributed by atoms with Gasteiger partial charge >= 0.3 is 6.18 Å². The molecule has 1 aliphatic rings. The minimum Gasteiger partial charge on any atom is -0.299 e. The molecule has 0 amide bonds. The lowest BCUT2D eigenvalue weighted by Gasteiger charge is -2.39. The van der Waals surface area contributed by atoms with E-state index in [0.29, 0.717) is 36.6 Å². The van der Waals surface area contributed by atoms with Crippen LogP contribution in [0.15, 0.2) is 77.7 Å². The molecule has 0 aromatic heterocycles. The maximum Gasteiger partial charge on any atom is 0.416 e. The largest absolute Gasteiger partial charge is 0.416 e. The van der Waals surface area contributed by atoms with Gasteiger partial charge in [-0.15, -0.1) is 0 Å². The number of alkyl halides is 3. The van der Waals surface area contributed by atoms with Crippen molar-refractivity contribution in [3.8, 4) is 0 Å². The summed E-state index contributed by atoms with van der Waals surface area (Å²) in [5, 5.41) is 0.393. The molecule has 3 aromatic rings. The van der Waals surface area contributed by atoms with Crippen LogP contribution < -0.4 is 4.31 Å². The van der Waals surface area contributed by atoms with Crippen molar-refractivity contribution in [3.05, 3.63) is 94.8 Å². The van der Waals surface area contributed by atoms with Crippen molar-refractivity contribution in [3.63, 3.8) is 0 Å². The summed E-state index contributed by atoms with van der Waals surface area (Å²) in [6, 6.07) is 16.0. The van der Waals surface area contributed by atoms with E-state index in [-0.39, 0.29) is 17.0 Å². The summed E-state index contributed by atoms with van der Waals surface area (Å²) < 4.78 is 82.2. The molecule has 1 fully saturated rings. The molecular weight excluding hydrogens is 504 g/mol. The highest BCUT2D eigenvalue weighted by Gasteiger charge is 2.36. The Labute approximate surface area is 206 Å². The molecule has 1 saturated heterocycles. The van der Waals surface area contributed by atoms with Crippen LogP contribution in [0.25, 0.3) is 0 Å². The van der Waals surface area contributed by atoms with Gasteiger partial charge in [-0.25, -0.2) is 12.8 Å². The zero-order chi connectivity index (χ0) is 25.2. The summed E-state index contributed by atoms with van der Waals surface area (Å²) in [5.74, 6) is -0.490. The first-order chi connectivity index (χ1) is 16.6. The number of sulfonamides is 1. The molecule has 186 valence electrons. The van der Waals surface area contributed by atoms with Crippen LogP contribution in [0.2, 0.25) is 5.02 Å². The van der Waals surface area contributed by atoms with Crippen molar-refractivity contribution in [2.24, 2.45) is 0 Å². The number of piperidine rings is 1. The average Bonchev–Trinajstić information content (AvgIpc) is 2.81. The molecule has 4 nitrogen and oxygen atoms in total. The first kappa shape index (κ1) is 25.5. The van der Waals surface area contributed by atoms with E-state index in [1.165, 1.54) is 65.0 Å². The van der Waals surface area contributed by atoms with Crippen LogP contribution in [0.3, 0.4) is 0 Å². The van der Waals surface area contributed by atoms with Crippen molar-refractivity contribution in [2.75, 3.05) is 17.4 Å². The molecule has 1 aliphatic heterocycles. The number of anilines is 1. The van der Waals surface area contributed by atoms with Crippen LogP contribution in [-0.2, 0) is 22.7 Å². The third-order valence-electron chi connectivity index (χ3n) is 6.06. The lowest BCUT2D eigenvalue weighted by atomic mass is 10.0. The zero-order valence-electron chi connectivity index (χ0n) is 18.6. The van der Waals surface area contributed by atoms with Gasteiger partial charge in [-0.2, -0.15) is 13.2 Å². The number of hydrogen-bond acceptors (Lipinski definition) is 3. The van der Waals surface area contributed by atoms with Crippen molar-refractivity contribution < 1.29 is 26.0 Å². The van der Waals surface area contributed by atoms with E-state index in [4.69, 9.17) is 11.6 Å². The Morgan fingerprint density at radius 1 is 0.914 bits per heavy atom. The standard InChI is InChI=1S/C25H23ClF4N2O2S/c26-19-5-11-23(12-6-19)35(33,34)32(21-9-7-20(27)8-10-21)22-13-15-31(16-14-22)17-18-3-1-2-4-24(18)25(28,29)30/h1-12,22H,13-17H2. The van der Waals surface area contributed by atoms with E-state index in [2.05, 4.69) is 0 Å². The fourth-order valence-electron chi connectivity index (χ4n) is 4.34. The van der Waals surface area contributed by atoms with E-state index in [9.17, 15) is 26.0 Å². The van der Waals surface area contributed by atoms with Gasteiger partial charge in [0.15, 0.2) is 0 Å². The number of halogens is 5. The second kappa shape index (κ2) is 10.2. The average molecular weight is 527 g/mol. The Balaban J connectivity index is 1.57. The van der Waals surface area contributed by atoms with Gasteiger partial charge < -0.3 is 0 Å². The van der Waals surface area contributed by atoms with Gasteiger partial charge in [0.1, 0.15) is 5.82 Å². The normalized spacial score (nSPS) is 15.8. The Bertz CT molecular complexity index is 1260. The molecule has 4 rings (SSSR count). The summed E-state index contributed by atoms with van der Waals surface area (Å²) in [6.07, 6.45) is -3.64. The Morgan fingerprint density at radius 3 is 2.11 bits per heavy atom. The summed E-state index contributed by atoms with van der Waals surface area (Å²) in [4.78, 5) is 1.94. The highest BCUT2D eigenvalue weighted by atomic mass is 35.5. The van der Waals surface area contributed by atoms with Gasteiger partial charge in [-0.05, 0) is 73.0 Å². The van der Waals surface area contributed by atoms with Crippen LogP contribution in [0.4, 0.5) is 23.2 Å². The summed E-state index contributed by atoms with van der Waals surface area (Å²) in [5.41, 5.74) is -0.162. The Kier molecular flexibility index (Phi) is 7.40. The van der Waals surface area contributed by atoms with Crippen LogP contribution in [0.5, 0.6) is 0 Å². The molecule has 0 bridgehead atoms. The van der Waals surface area contributed by atoms with Crippen LogP contribution >= 0.6 is 11.6 Å². The molecule has 1 heterocycles. The van der Waals surface area contributed by atoms with Gasteiger partial charge in [0.2, 0.25) is 0 Å². The second-order valence-electron chi connectivity index (χ2n) is 8.39. The predicted molar refractivity (Wildman–Crippen MR) is 127 cm³/mol. The SMILES string of the molecule is O=S(=O)(c1ccc(Cl)cc1)N(c1ccc(F)cc1)C1CCN(Cc2ccccc2C(F)(F)F)CC1. The van der Waals surface area contributed by atoms with E-state index in [0.717, 1.165) is 6.07 Å². The molecule has 0 radical (unpaired) electrons. The van der Waals surface area contributed by atoms with Gasteiger partial charge in [-0.3, -0.25) is 9.21 Å². The number of nitrogens with zero attached hydrogens (tertiary/aromatic N) is 2. The second-order valence-corrected chi connectivity index (χ2v) is 10.6. The molecule has 35 heavy (non-hydrogen) atoms. The van der Waals surface area contributed by atoms with Gasteiger partial charge in [-0.1, -0.05) is 29.8 Å². The molecule has 0 spiro atoms. The molecule has 0 atom stereocenters. The van der Waals surface area contributed by atoms with Crippen LogP contribution in [0.1, 0.15) is 24.0 Å². The minimum absolute atomic E-state index is 0.0489. The highest BCUT2D eigenvalue weighted by Crippen LogP contribution is 2.34. The molecular formula is C25H23ClF4N2O2S. The maximum absolute atomic E-state index is 13.6. The summed E-state index contributed by atoms with van der Waals surface area (Å²) in [6.45, 7) is 0.929. The van der Waals surface area contributed by atoms with Gasteiger partial charge in [0, 0.05) is 30.7 Å². The monoisotopic (exact) mass is 526 g/mol. The smallest absolute Gasteiger partial charge is 0.299 e. The quantitative estimate of drug-likeness (QED) is 0.351. The van der Waals surface area contributed by atoms with E-state index in [1.807, 2.05) is 4.90 Å². The molecule has 10 heteroatoms. The van der Waals surface area contributed by atoms with Crippen molar-refractivity contribution in [1.82, 2.24) is 4.90 Å². The molecule has 0 unspecified atom stereocenters. The Morgan fingerprint density at radius 2 is 1.51 bits per heavy atom. The van der Waals surface area contributed by atoms with Crippen LogP contribution in [-0.4, -0.2) is 32.4 Å². The van der Waals surface area contributed by atoms with Crippen molar-refractivity contribution in [2.45, 2.75) is 36.5 Å². The number of benzene rings is 3. The number of rotatable bonds is 6. The molecule has 0 saturated carbocycles. The van der Waals surface area contributed by atoms with E-state index < -0.39 is 33.6 Å². The third-order valence-corrected chi connectivity index (χ3v) is 8.20. The highest BCUT2D eigenvalue weighted by molar-refractivity contribution is 7.92. The molecule has 0 aliphatic carbocycles. The zero-order valence-corrected chi connectivity index (χ0v) is 20.1. The fraction of sp³-hybridized carbons (Fsp3) is 0.280. The minimum atomic E-state index is -4.44. The maximum atomic E-state index is 13.6. The third kappa shape index (κ3) is 5.79. The first-order valence-electron chi connectivity index (χ1n) is 11.0. The van der Waals surface area contributed by atoms with Crippen molar-refractivity contribution in [1.29, 1.82) is 0 Å². The molecule has 3 aromatic carbocycles. The predicted octanol–water partition coefficient (Wildman–Crippen LogP) is 6.36. The summed E-state index contributed by atoms with van der Waals surface area (Å²) >= 11 is 5.92. The Hall–Kier alpha value is -2.62. The topological polar surface area (TPSA) is 40.6 Å². The lowest BCUT2D eigenvalue weighted by molar-refractivity contribution is -0.138. The number of hydrogen-bond donors (Lipinski definition) is 0. The van der Waals surface area contributed by atoms with Crippen molar-refractivity contribution >= 4 is 27.3 Å². The van der Waals surface area contributed by atoms with Gasteiger partial charge in [0.25, 0.3) is 10.0 Å². The summed E-state index contributed by atoms with van der Waals surface area (Å²) in [7, 11) is -4.00. The van der Waals surface area contributed by atoms with Gasteiger partial charge in [0.05, 0.1) is 16.1 Å². The number of likely N-dealkylation sites (tertiary alicyclic amines) is 1. The van der Waals surface area contributed by atoms with E-state index in [1.54, 1.807) is 6.07 Å². The van der Waals surface area contributed by atoms with Crippen LogP contribution in [0, 0.1) is 5.82 Å². The fourth-order valence-corrected chi connectivity index (χ4v) is 6.18. The first-order valence-corrected chi connectivity index (χ1v) is 12.8. The van der Waals surface area contributed by atoms with E-state index >= 15 is 0 Å². The lowest BCUT2D eigenvalue weighted by Crippen LogP contribution is -2.47. The molecule has 0 N–H and O–H groups in total.